The van der Waals surface area contributed by atoms with E-state index < -0.39 is 5.97 Å². The molecule has 0 aromatic carbocycles. The molecular formula is C21H40O4. The summed E-state index contributed by atoms with van der Waals surface area (Å²) in [4.78, 5) is 22.6. The number of hydrogen-bond donors (Lipinski definition) is 1. The van der Waals surface area contributed by atoms with Gasteiger partial charge in [0.25, 0.3) is 0 Å². The van der Waals surface area contributed by atoms with Crippen LogP contribution in [0.15, 0.2) is 0 Å². The van der Waals surface area contributed by atoms with Crippen LogP contribution in [-0.2, 0) is 14.3 Å². The van der Waals surface area contributed by atoms with Gasteiger partial charge in [-0.25, -0.2) is 0 Å². The number of aliphatic carboxylic acids is 1. The minimum Gasteiger partial charge on any atom is -0.481 e. The fourth-order valence-electron chi connectivity index (χ4n) is 3.00. The molecule has 0 aliphatic carbocycles. The molecular weight excluding hydrogens is 316 g/mol. The molecule has 0 saturated carbocycles. The molecule has 1 N–H and O–H groups in total. The fraction of sp³-hybridized carbons (Fsp3) is 0.905. The summed E-state index contributed by atoms with van der Waals surface area (Å²) in [6.07, 6.45) is 15.6. The molecule has 25 heavy (non-hydrogen) atoms. The molecule has 0 aromatic rings. The highest BCUT2D eigenvalue weighted by atomic mass is 16.5. The first-order valence-corrected chi connectivity index (χ1v) is 10.5. The first-order valence-electron chi connectivity index (χ1n) is 10.5. The van der Waals surface area contributed by atoms with Crippen molar-refractivity contribution in [3.63, 3.8) is 0 Å². The van der Waals surface area contributed by atoms with Crippen LogP contribution < -0.4 is 0 Å². The number of unbranched alkanes of at least 4 members (excludes halogenated alkanes) is 9. The maximum atomic E-state index is 12.1. The normalized spacial score (nSPS) is 12.1. The van der Waals surface area contributed by atoms with Crippen LogP contribution in [-0.4, -0.2) is 23.1 Å². The molecule has 4 heteroatoms. The van der Waals surface area contributed by atoms with Crippen LogP contribution >= 0.6 is 0 Å². The second-order valence-electron chi connectivity index (χ2n) is 7.12. The zero-order chi connectivity index (χ0) is 18.8. The molecule has 0 saturated heterocycles. The van der Waals surface area contributed by atoms with Gasteiger partial charge >= 0.3 is 11.9 Å². The monoisotopic (exact) mass is 356 g/mol. The van der Waals surface area contributed by atoms with Gasteiger partial charge in [0.1, 0.15) is 6.10 Å². The summed E-state index contributed by atoms with van der Waals surface area (Å²) in [5.74, 6) is -0.785. The molecule has 0 aliphatic rings. The van der Waals surface area contributed by atoms with Gasteiger partial charge in [0, 0.05) is 12.8 Å². The maximum Gasteiger partial charge on any atom is 0.306 e. The van der Waals surface area contributed by atoms with E-state index >= 15 is 0 Å². The summed E-state index contributed by atoms with van der Waals surface area (Å²) in [5, 5.41) is 8.67. The minimum absolute atomic E-state index is 0.0176. The Kier molecular flexibility index (Phi) is 17.0. The van der Waals surface area contributed by atoms with E-state index in [0.717, 1.165) is 51.4 Å². The van der Waals surface area contributed by atoms with Crippen molar-refractivity contribution in [3.8, 4) is 0 Å². The van der Waals surface area contributed by atoms with Crippen LogP contribution in [0.25, 0.3) is 0 Å². The Morgan fingerprint density at radius 2 is 1.20 bits per heavy atom. The van der Waals surface area contributed by atoms with E-state index in [1.165, 1.54) is 32.1 Å². The number of hydrogen-bond acceptors (Lipinski definition) is 3. The van der Waals surface area contributed by atoms with Gasteiger partial charge in [-0.1, -0.05) is 65.2 Å². The molecule has 1 unspecified atom stereocenters. The Labute approximate surface area is 154 Å². The lowest BCUT2D eigenvalue weighted by molar-refractivity contribution is -0.150. The summed E-state index contributed by atoms with van der Waals surface area (Å²) >= 11 is 0. The smallest absolute Gasteiger partial charge is 0.306 e. The third kappa shape index (κ3) is 17.6. The van der Waals surface area contributed by atoms with Crippen LogP contribution in [0, 0.1) is 0 Å². The number of ether oxygens (including phenoxy) is 1. The van der Waals surface area contributed by atoms with Crippen molar-refractivity contribution in [2.24, 2.45) is 0 Å². The summed E-state index contributed by atoms with van der Waals surface area (Å²) in [6.45, 7) is 4.38. The Hall–Kier alpha value is -1.06. The topological polar surface area (TPSA) is 63.6 Å². The van der Waals surface area contributed by atoms with Crippen molar-refractivity contribution >= 4 is 11.9 Å². The largest absolute Gasteiger partial charge is 0.481 e. The predicted molar refractivity (Wildman–Crippen MR) is 103 cm³/mol. The van der Waals surface area contributed by atoms with Crippen molar-refractivity contribution in [1.29, 1.82) is 0 Å². The van der Waals surface area contributed by atoms with Gasteiger partial charge in [0.05, 0.1) is 0 Å². The average molecular weight is 357 g/mol. The van der Waals surface area contributed by atoms with Crippen molar-refractivity contribution in [3.05, 3.63) is 0 Å². The lowest BCUT2D eigenvalue weighted by Gasteiger charge is -2.18. The van der Waals surface area contributed by atoms with E-state index in [4.69, 9.17) is 9.84 Å². The van der Waals surface area contributed by atoms with Crippen LogP contribution in [0.5, 0.6) is 0 Å². The molecule has 0 radical (unpaired) electrons. The molecule has 0 aromatic heterocycles. The van der Waals surface area contributed by atoms with Gasteiger partial charge in [-0.3, -0.25) is 9.59 Å². The number of carboxylic acid groups (broad SMARTS) is 1. The molecule has 0 rings (SSSR count). The number of carbonyl (C=O) groups excluding carboxylic acids is 1. The van der Waals surface area contributed by atoms with Gasteiger partial charge in [-0.2, -0.15) is 0 Å². The van der Waals surface area contributed by atoms with Crippen LogP contribution in [0.3, 0.4) is 0 Å². The SMILES string of the molecule is CCCCCCCCC(=O)OC(CCCCC)CCCCCC(=O)O. The second kappa shape index (κ2) is 17.8. The highest BCUT2D eigenvalue weighted by Gasteiger charge is 2.14. The third-order valence-corrected chi connectivity index (χ3v) is 4.58. The first-order chi connectivity index (χ1) is 12.1. The molecule has 4 nitrogen and oxygen atoms in total. The van der Waals surface area contributed by atoms with Crippen molar-refractivity contribution in [2.45, 2.75) is 123 Å². The van der Waals surface area contributed by atoms with Gasteiger partial charge in [-0.15, -0.1) is 0 Å². The number of rotatable bonds is 18. The lowest BCUT2D eigenvalue weighted by Crippen LogP contribution is -2.18. The molecule has 0 spiro atoms. The molecule has 148 valence electrons. The van der Waals surface area contributed by atoms with E-state index in [0.29, 0.717) is 12.8 Å². The number of esters is 1. The van der Waals surface area contributed by atoms with E-state index in [1.54, 1.807) is 0 Å². The Morgan fingerprint density at radius 3 is 1.84 bits per heavy atom. The molecule has 0 aliphatic heterocycles. The summed E-state index contributed by atoms with van der Waals surface area (Å²) in [6, 6.07) is 0. The molecule has 0 amide bonds. The van der Waals surface area contributed by atoms with Crippen molar-refractivity contribution in [2.75, 3.05) is 0 Å². The number of carboxylic acids is 1. The summed E-state index contributed by atoms with van der Waals surface area (Å²) in [7, 11) is 0. The quantitative estimate of drug-likeness (QED) is 0.232. The molecule has 0 bridgehead atoms. The summed E-state index contributed by atoms with van der Waals surface area (Å²) in [5.41, 5.74) is 0. The second-order valence-corrected chi connectivity index (χ2v) is 7.12. The van der Waals surface area contributed by atoms with Gasteiger partial charge in [0.15, 0.2) is 0 Å². The minimum atomic E-state index is -0.732. The van der Waals surface area contributed by atoms with Crippen LogP contribution in [0.1, 0.15) is 117 Å². The summed E-state index contributed by atoms with van der Waals surface area (Å²) < 4.78 is 5.70. The maximum absolute atomic E-state index is 12.1. The highest BCUT2D eigenvalue weighted by Crippen LogP contribution is 2.16. The lowest BCUT2D eigenvalue weighted by atomic mass is 10.0. The van der Waals surface area contributed by atoms with E-state index in [1.807, 2.05) is 0 Å². The zero-order valence-corrected chi connectivity index (χ0v) is 16.6. The van der Waals surface area contributed by atoms with E-state index in [9.17, 15) is 9.59 Å². The van der Waals surface area contributed by atoms with Crippen molar-refractivity contribution in [1.82, 2.24) is 0 Å². The van der Waals surface area contributed by atoms with Gasteiger partial charge in [0.2, 0.25) is 0 Å². The Bertz CT molecular complexity index is 328. The van der Waals surface area contributed by atoms with Gasteiger partial charge < -0.3 is 9.84 Å². The fourth-order valence-corrected chi connectivity index (χ4v) is 3.00. The van der Waals surface area contributed by atoms with Crippen molar-refractivity contribution < 1.29 is 19.4 Å². The molecule has 0 fully saturated rings. The van der Waals surface area contributed by atoms with Crippen LogP contribution in [0.2, 0.25) is 0 Å². The first kappa shape index (κ1) is 23.9. The molecule has 0 heterocycles. The number of carbonyl (C=O) groups is 2. The van der Waals surface area contributed by atoms with Crippen LogP contribution in [0.4, 0.5) is 0 Å². The zero-order valence-electron chi connectivity index (χ0n) is 16.6. The van der Waals surface area contributed by atoms with E-state index in [-0.39, 0.29) is 18.5 Å². The standard InChI is InChI=1S/C21H40O4/c1-3-5-7-8-9-14-18-21(24)25-19(15-11-6-4-2)16-12-10-13-17-20(22)23/h19H,3-18H2,1-2H3,(H,22,23). The third-order valence-electron chi connectivity index (χ3n) is 4.58. The Balaban J connectivity index is 3.93. The van der Waals surface area contributed by atoms with Gasteiger partial charge in [-0.05, 0) is 38.5 Å². The van der Waals surface area contributed by atoms with E-state index in [2.05, 4.69) is 13.8 Å². The Morgan fingerprint density at radius 1 is 0.720 bits per heavy atom. The highest BCUT2D eigenvalue weighted by molar-refractivity contribution is 5.69. The predicted octanol–water partition coefficient (Wildman–Crippen LogP) is 6.26. The molecule has 1 atom stereocenters. The average Bonchev–Trinajstić information content (AvgIpc) is 2.57.